The van der Waals surface area contributed by atoms with Crippen molar-refractivity contribution in [1.29, 1.82) is 5.26 Å². The van der Waals surface area contributed by atoms with E-state index in [4.69, 9.17) is 13.8 Å². The van der Waals surface area contributed by atoms with Crippen LogP contribution in [0.5, 0.6) is 0 Å². The Kier molecular flexibility index (Phi) is 5.60. The molecule has 0 aromatic rings. The highest BCUT2D eigenvalue weighted by molar-refractivity contribution is 7.85. The van der Waals surface area contributed by atoms with E-state index in [9.17, 15) is 18.5 Å². The Balaban J connectivity index is 3.03. The zero-order valence-corrected chi connectivity index (χ0v) is 14.6. The quantitative estimate of drug-likeness (QED) is 0.543. The summed E-state index contributed by atoms with van der Waals surface area (Å²) >= 11 is 0. The number of carbonyl (C=O) groups is 1. The zero-order chi connectivity index (χ0) is 17.9. The standard InChI is InChI=1S/C13H21N3O6S/c1-12(2,3)22-11(17)16-6-10(15-20-4)13(7-14,8-16)9-21-23(5,18)19/h6,8-9H2,1-5H3. The highest BCUT2D eigenvalue weighted by Gasteiger charge is 2.49. The minimum absolute atomic E-state index is 0.0105. The summed E-state index contributed by atoms with van der Waals surface area (Å²) in [6.45, 7) is 4.59. The van der Waals surface area contributed by atoms with Crippen LogP contribution in [0.1, 0.15) is 20.8 Å². The Morgan fingerprint density at radius 2 is 2.09 bits per heavy atom. The van der Waals surface area contributed by atoms with Crippen LogP contribution in [0.4, 0.5) is 4.79 Å². The number of ether oxygens (including phenoxy) is 1. The average molecular weight is 347 g/mol. The lowest BCUT2D eigenvalue weighted by molar-refractivity contribution is 0.0276. The molecule has 1 saturated heterocycles. The van der Waals surface area contributed by atoms with Gasteiger partial charge in [-0.3, -0.25) is 4.18 Å². The summed E-state index contributed by atoms with van der Waals surface area (Å²) in [5, 5.41) is 13.3. The molecule has 1 rings (SSSR count). The Hall–Kier alpha value is -1.86. The van der Waals surface area contributed by atoms with E-state index in [-0.39, 0.29) is 18.8 Å². The maximum absolute atomic E-state index is 12.2. The van der Waals surface area contributed by atoms with Crippen LogP contribution >= 0.6 is 0 Å². The van der Waals surface area contributed by atoms with Crippen LogP contribution in [0, 0.1) is 16.7 Å². The molecule has 0 radical (unpaired) electrons. The first-order valence-electron chi connectivity index (χ1n) is 6.76. The number of rotatable bonds is 4. The van der Waals surface area contributed by atoms with Gasteiger partial charge < -0.3 is 14.5 Å². The molecule has 0 spiro atoms. The molecule has 10 heteroatoms. The van der Waals surface area contributed by atoms with E-state index < -0.39 is 33.8 Å². The van der Waals surface area contributed by atoms with Gasteiger partial charge in [-0.1, -0.05) is 5.16 Å². The van der Waals surface area contributed by atoms with E-state index in [0.717, 1.165) is 6.26 Å². The van der Waals surface area contributed by atoms with Crippen molar-refractivity contribution >= 4 is 21.9 Å². The lowest BCUT2D eigenvalue weighted by Gasteiger charge is -2.25. The van der Waals surface area contributed by atoms with Gasteiger partial charge in [-0.25, -0.2) is 4.79 Å². The molecule has 1 amide bonds. The van der Waals surface area contributed by atoms with Gasteiger partial charge in [0.15, 0.2) is 0 Å². The number of nitrogens with zero attached hydrogens (tertiary/aromatic N) is 3. The van der Waals surface area contributed by atoms with Crippen LogP contribution in [-0.4, -0.2) is 63.8 Å². The van der Waals surface area contributed by atoms with Gasteiger partial charge in [0.25, 0.3) is 10.1 Å². The Morgan fingerprint density at radius 3 is 2.52 bits per heavy atom. The second-order valence-electron chi connectivity index (χ2n) is 6.22. The topological polar surface area (TPSA) is 118 Å². The molecule has 1 fully saturated rings. The SMILES string of the molecule is CON=C1CN(C(=O)OC(C)(C)C)CC1(C#N)COS(C)(=O)=O. The van der Waals surface area contributed by atoms with Crippen molar-refractivity contribution in [1.82, 2.24) is 4.90 Å². The first kappa shape index (κ1) is 19.2. The monoisotopic (exact) mass is 347 g/mol. The second-order valence-corrected chi connectivity index (χ2v) is 7.86. The number of hydrogen-bond donors (Lipinski definition) is 0. The fraction of sp³-hybridized carbons (Fsp3) is 0.769. The maximum Gasteiger partial charge on any atom is 0.410 e. The Bertz CT molecular complexity index is 631. The smallest absolute Gasteiger partial charge is 0.410 e. The predicted octanol–water partition coefficient (Wildman–Crippen LogP) is 0.726. The van der Waals surface area contributed by atoms with Crippen LogP contribution < -0.4 is 0 Å². The van der Waals surface area contributed by atoms with Gasteiger partial charge in [0.1, 0.15) is 23.8 Å². The van der Waals surface area contributed by atoms with Crippen molar-refractivity contribution in [2.45, 2.75) is 26.4 Å². The predicted molar refractivity (Wildman–Crippen MR) is 81.1 cm³/mol. The molecule has 0 bridgehead atoms. The van der Waals surface area contributed by atoms with E-state index in [1.54, 1.807) is 20.8 Å². The molecule has 1 unspecified atom stereocenters. The van der Waals surface area contributed by atoms with Crippen LogP contribution in [0.3, 0.4) is 0 Å². The van der Waals surface area contributed by atoms with E-state index >= 15 is 0 Å². The summed E-state index contributed by atoms with van der Waals surface area (Å²) in [6, 6.07) is 1.98. The number of oxime groups is 1. The molecular weight excluding hydrogens is 326 g/mol. The van der Waals surface area contributed by atoms with Crippen molar-refractivity contribution in [3.8, 4) is 6.07 Å². The Labute approximate surface area is 135 Å². The molecule has 130 valence electrons. The fourth-order valence-electron chi connectivity index (χ4n) is 1.96. The molecule has 23 heavy (non-hydrogen) atoms. The third-order valence-corrected chi connectivity index (χ3v) is 3.49. The molecule has 0 aromatic heterocycles. The van der Waals surface area contributed by atoms with Gasteiger partial charge >= 0.3 is 6.09 Å². The van der Waals surface area contributed by atoms with Gasteiger partial charge in [0, 0.05) is 0 Å². The molecule has 0 aromatic carbocycles. The molecule has 1 aliphatic heterocycles. The average Bonchev–Trinajstić information content (AvgIpc) is 2.74. The van der Waals surface area contributed by atoms with Gasteiger partial charge in [0.05, 0.1) is 32.0 Å². The molecule has 0 N–H and O–H groups in total. The lowest BCUT2D eigenvalue weighted by Crippen LogP contribution is -2.38. The fourth-order valence-corrected chi connectivity index (χ4v) is 2.37. The van der Waals surface area contributed by atoms with Crippen LogP contribution in [-0.2, 0) is 23.9 Å². The number of nitriles is 1. The summed E-state index contributed by atoms with van der Waals surface area (Å²) in [5.41, 5.74) is -1.90. The number of hydrogen-bond acceptors (Lipinski definition) is 8. The molecule has 9 nitrogen and oxygen atoms in total. The molecule has 0 aliphatic carbocycles. The van der Waals surface area contributed by atoms with E-state index in [2.05, 4.69) is 5.16 Å². The third kappa shape index (κ3) is 5.37. The first-order valence-corrected chi connectivity index (χ1v) is 8.58. The van der Waals surface area contributed by atoms with Gasteiger partial charge in [-0.2, -0.15) is 13.7 Å². The summed E-state index contributed by atoms with van der Waals surface area (Å²) in [7, 11) is -2.45. The molecule has 1 aliphatic rings. The van der Waals surface area contributed by atoms with E-state index in [0.29, 0.717) is 0 Å². The third-order valence-electron chi connectivity index (χ3n) is 2.94. The Morgan fingerprint density at radius 1 is 1.48 bits per heavy atom. The lowest BCUT2D eigenvalue weighted by atomic mass is 9.88. The number of likely N-dealkylation sites (tertiary alicyclic amines) is 1. The van der Waals surface area contributed by atoms with Crippen molar-refractivity contribution in [2.75, 3.05) is 33.1 Å². The van der Waals surface area contributed by atoms with Crippen LogP contribution in [0.25, 0.3) is 0 Å². The van der Waals surface area contributed by atoms with Crippen molar-refractivity contribution < 1.29 is 27.0 Å². The van der Waals surface area contributed by atoms with E-state index in [1.807, 2.05) is 6.07 Å². The van der Waals surface area contributed by atoms with Crippen LogP contribution in [0.15, 0.2) is 5.16 Å². The summed E-state index contributed by atoms with van der Waals surface area (Å²) in [6.07, 6.45) is 0.254. The van der Waals surface area contributed by atoms with E-state index in [1.165, 1.54) is 12.0 Å². The van der Waals surface area contributed by atoms with Gasteiger partial charge in [-0.05, 0) is 20.8 Å². The zero-order valence-electron chi connectivity index (χ0n) is 13.8. The molecule has 1 heterocycles. The maximum atomic E-state index is 12.2. The summed E-state index contributed by atoms with van der Waals surface area (Å²) < 4.78 is 32.4. The first-order chi connectivity index (χ1) is 10.4. The van der Waals surface area contributed by atoms with Gasteiger partial charge in [-0.15, -0.1) is 0 Å². The minimum atomic E-state index is -3.75. The normalized spacial score (nSPS) is 23.7. The van der Waals surface area contributed by atoms with Crippen LogP contribution in [0.2, 0.25) is 0 Å². The minimum Gasteiger partial charge on any atom is -0.444 e. The molecule has 1 atom stereocenters. The van der Waals surface area contributed by atoms with Crippen molar-refractivity contribution in [3.05, 3.63) is 0 Å². The highest BCUT2D eigenvalue weighted by atomic mass is 32.2. The largest absolute Gasteiger partial charge is 0.444 e. The number of carbonyl (C=O) groups excluding carboxylic acids is 1. The van der Waals surface area contributed by atoms with Crippen molar-refractivity contribution in [3.63, 3.8) is 0 Å². The summed E-state index contributed by atoms with van der Waals surface area (Å²) in [5.74, 6) is 0. The molecule has 0 saturated carbocycles. The molecular formula is C13H21N3O6S. The highest BCUT2D eigenvalue weighted by Crippen LogP contribution is 2.30. The van der Waals surface area contributed by atoms with Crippen molar-refractivity contribution in [2.24, 2.45) is 10.6 Å². The summed E-state index contributed by atoms with van der Waals surface area (Å²) in [4.78, 5) is 18.1. The van der Waals surface area contributed by atoms with Gasteiger partial charge in [0.2, 0.25) is 0 Å². The second kappa shape index (κ2) is 6.72. The number of amides is 1.